The number of nitrogens with one attached hydrogen (secondary N) is 2. The highest BCUT2D eigenvalue weighted by Gasteiger charge is 2.14. The summed E-state index contributed by atoms with van der Waals surface area (Å²) in [4.78, 5) is 11.8. The van der Waals surface area contributed by atoms with Gasteiger partial charge in [0.1, 0.15) is 6.61 Å². The van der Waals surface area contributed by atoms with Gasteiger partial charge in [0.05, 0.1) is 6.10 Å². The molecule has 2 rings (SSSR count). The maximum atomic E-state index is 11.8. The Morgan fingerprint density at radius 1 is 1.50 bits per heavy atom. The van der Waals surface area contributed by atoms with Crippen molar-refractivity contribution in [2.75, 3.05) is 25.0 Å². The van der Waals surface area contributed by atoms with Crippen LogP contribution in [0.25, 0.3) is 0 Å². The summed E-state index contributed by atoms with van der Waals surface area (Å²) in [7, 11) is 0. The smallest absolute Gasteiger partial charge is 0.250 e. The normalized spacial score (nSPS) is 19.5. The van der Waals surface area contributed by atoms with Crippen molar-refractivity contribution in [1.82, 2.24) is 5.32 Å². The van der Waals surface area contributed by atoms with Crippen molar-refractivity contribution in [3.05, 3.63) is 29.8 Å². The van der Waals surface area contributed by atoms with Crippen LogP contribution in [-0.4, -0.2) is 31.7 Å². The molecule has 1 fully saturated rings. The Hall–Kier alpha value is -1.39. The van der Waals surface area contributed by atoms with Gasteiger partial charge in [0, 0.05) is 12.2 Å². The predicted octanol–water partition coefficient (Wildman–Crippen LogP) is 1.70. The molecule has 0 unspecified atom stereocenters. The van der Waals surface area contributed by atoms with E-state index in [1.165, 1.54) is 0 Å². The van der Waals surface area contributed by atoms with E-state index in [-0.39, 0.29) is 18.6 Å². The summed E-state index contributed by atoms with van der Waals surface area (Å²) < 4.78 is 5.58. The van der Waals surface area contributed by atoms with E-state index in [9.17, 15) is 4.79 Å². The number of hydrogen-bond acceptors (Lipinski definition) is 3. The third-order valence-corrected chi connectivity index (χ3v) is 3.12. The van der Waals surface area contributed by atoms with Crippen LogP contribution in [0.4, 0.5) is 5.69 Å². The minimum atomic E-state index is -0.0881. The average Bonchev–Trinajstić information content (AvgIpc) is 2.40. The van der Waals surface area contributed by atoms with Gasteiger partial charge in [0.15, 0.2) is 0 Å². The van der Waals surface area contributed by atoms with Crippen LogP contribution in [0.3, 0.4) is 0 Å². The summed E-state index contributed by atoms with van der Waals surface area (Å²) in [6.07, 6.45) is 2.32. The lowest BCUT2D eigenvalue weighted by Crippen LogP contribution is -2.37. The molecule has 1 aromatic carbocycles. The Balaban J connectivity index is 1.76. The maximum absolute atomic E-state index is 11.8. The molecule has 1 aromatic rings. The Labute approximate surface area is 108 Å². The molecule has 0 aliphatic carbocycles. The van der Waals surface area contributed by atoms with Crippen LogP contribution in [0, 0.1) is 6.92 Å². The van der Waals surface area contributed by atoms with Crippen molar-refractivity contribution >= 4 is 11.6 Å². The standard InChI is InChI=1S/C14H20N2O2/c1-11-5-2-3-7-13(11)16-14(17)10-18-12-6-4-8-15-9-12/h2-3,5,7,12,15H,4,6,8-10H2,1H3,(H,16,17)/t12-/m0/s1. The van der Waals surface area contributed by atoms with E-state index < -0.39 is 0 Å². The third kappa shape index (κ3) is 3.82. The van der Waals surface area contributed by atoms with E-state index in [4.69, 9.17) is 4.74 Å². The molecule has 18 heavy (non-hydrogen) atoms. The molecule has 1 saturated heterocycles. The number of ether oxygens (including phenoxy) is 1. The number of aryl methyl sites for hydroxylation is 1. The molecule has 4 heteroatoms. The van der Waals surface area contributed by atoms with Crippen molar-refractivity contribution in [2.24, 2.45) is 0 Å². The van der Waals surface area contributed by atoms with E-state index in [0.29, 0.717) is 0 Å². The van der Waals surface area contributed by atoms with Gasteiger partial charge in [-0.15, -0.1) is 0 Å². The van der Waals surface area contributed by atoms with Gasteiger partial charge in [-0.2, -0.15) is 0 Å². The third-order valence-electron chi connectivity index (χ3n) is 3.12. The molecular weight excluding hydrogens is 228 g/mol. The Bertz CT molecular complexity index is 401. The average molecular weight is 248 g/mol. The molecule has 0 aromatic heterocycles. The van der Waals surface area contributed by atoms with Crippen LogP contribution in [-0.2, 0) is 9.53 Å². The summed E-state index contributed by atoms with van der Waals surface area (Å²) in [6.45, 7) is 4.00. The lowest BCUT2D eigenvalue weighted by Gasteiger charge is -2.22. The zero-order chi connectivity index (χ0) is 12.8. The molecule has 98 valence electrons. The second-order valence-corrected chi connectivity index (χ2v) is 4.64. The highest BCUT2D eigenvalue weighted by molar-refractivity contribution is 5.92. The van der Waals surface area contributed by atoms with Crippen LogP contribution in [0.5, 0.6) is 0 Å². The fourth-order valence-corrected chi connectivity index (χ4v) is 2.06. The molecule has 0 spiro atoms. The van der Waals surface area contributed by atoms with Crippen molar-refractivity contribution in [3.8, 4) is 0 Å². The first-order valence-corrected chi connectivity index (χ1v) is 6.43. The fraction of sp³-hybridized carbons (Fsp3) is 0.500. The highest BCUT2D eigenvalue weighted by Crippen LogP contribution is 2.13. The van der Waals surface area contributed by atoms with Gasteiger partial charge in [0.2, 0.25) is 5.91 Å². The van der Waals surface area contributed by atoms with E-state index in [0.717, 1.165) is 37.2 Å². The first kappa shape index (κ1) is 13.1. The van der Waals surface area contributed by atoms with Crippen LogP contribution < -0.4 is 10.6 Å². The molecule has 1 amide bonds. The highest BCUT2D eigenvalue weighted by atomic mass is 16.5. The monoisotopic (exact) mass is 248 g/mol. The number of carbonyl (C=O) groups excluding carboxylic acids is 1. The quantitative estimate of drug-likeness (QED) is 0.852. The second-order valence-electron chi connectivity index (χ2n) is 4.64. The van der Waals surface area contributed by atoms with Gasteiger partial charge in [-0.1, -0.05) is 18.2 Å². The number of piperidine rings is 1. The fourth-order valence-electron chi connectivity index (χ4n) is 2.06. The number of para-hydroxylation sites is 1. The summed E-state index contributed by atoms with van der Waals surface area (Å²) in [5, 5.41) is 6.13. The molecule has 1 aliphatic rings. The van der Waals surface area contributed by atoms with Crippen LogP contribution in [0.2, 0.25) is 0 Å². The number of anilines is 1. The lowest BCUT2D eigenvalue weighted by molar-refractivity contribution is -0.122. The SMILES string of the molecule is Cc1ccccc1NC(=O)CO[C@H]1CCCNC1. The minimum absolute atomic E-state index is 0.0881. The molecule has 2 N–H and O–H groups in total. The number of hydrogen-bond donors (Lipinski definition) is 2. The predicted molar refractivity (Wildman–Crippen MR) is 71.7 cm³/mol. The number of benzene rings is 1. The molecule has 0 bridgehead atoms. The summed E-state index contributed by atoms with van der Waals surface area (Å²) >= 11 is 0. The number of rotatable bonds is 4. The van der Waals surface area contributed by atoms with Gasteiger partial charge in [-0.3, -0.25) is 4.79 Å². The Morgan fingerprint density at radius 3 is 3.06 bits per heavy atom. The summed E-state index contributed by atoms with van der Waals surface area (Å²) in [5.74, 6) is -0.0881. The molecular formula is C14H20N2O2. The van der Waals surface area contributed by atoms with Crippen molar-refractivity contribution < 1.29 is 9.53 Å². The summed E-state index contributed by atoms with van der Waals surface area (Å²) in [6, 6.07) is 7.74. The minimum Gasteiger partial charge on any atom is -0.367 e. The van der Waals surface area contributed by atoms with Crippen LogP contribution in [0.15, 0.2) is 24.3 Å². The van der Waals surface area contributed by atoms with Gasteiger partial charge in [-0.25, -0.2) is 0 Å². The molecule has 1 heterocycles. The van der Waals surface area contributed by atoms with E-state index >= 15 is 0 Å². The van der Waals surface area contributed by atoms with E-state index in [2.05, 4.69) is 10.6 Å². The number of amides is 1. The van der Waals surface area contributed by atoms with Gasteiger partial charge in [-0.05, 0) is 37.9 Å². The molecule has 1 aliphatic heterocycles. The topological polar surface area (TPSA) is 50.4 Å². The first-order chi connectivity index (χ1) is 8.75. The second kappa shape index (κ2) is 6.52. The number of carbonyl (C=O) groups is 1. The van der Waals surface area contributed by atoms with Crippen LogP contribution in [0.1, 0.15) is 18.4 Å². The van der Waals surface area contributed by atoms with Gasteiger partial charge in [0.25, 0.3) is 0 Å². The van der Waals surface area contributed by atoms with E-state index in [1.54, 1.807) is 0 Å². The Kier molecular flexibility index (Phi) is 4.73. The largest absolute Gasteiger partial charge is 0.367 e. The maximum Gasteiger partial charge on any atom is 0.250 e. The van der Waals surface area contributed by atoms with Gasteiger partial charge >= 0.3 is 0 Å². The molecule has 1 atom stereocenters. The zero-order valence-electron chi connectivity index (χ0n) is 10.7. The molecule has 4 nitrogen and oxygen atoms in total. The van der Waals surface area contributed by atoms with E-state index in [1.807, 2.05) is 31.2 Å². The zero-order valence-corrected chi connectivity index (χ0v) is 10.7. The van der Waals surface area contributed by atoms with Crippen LogP contribution >= 0.6 is 0 Å². The van der Waals surface area contributed by atoms with Gasteiger partial charge < -0.3 is 15.4 Å². The summed E-state index contributed by atoms with van der Waals surface area (Å²) in [5.41, 5.74) is 1.91. The first-order valence-electron chi connectivity index (χ1n) is 6.43. The molecule has 0 radical (unpaired) electrons. The Morgan fingerprint density at radius 2 is 2.33 bits per heavy atom. The van der Waals surface area contributed by atoms with Crippen molar-refractivity contribution in [1.29, 1.82) is 0 Å². The van der Waals surface area contributed by atoms with Crippen molar-refractivity contribution in [3.63, 3.8) is 0 Å². The molecule has 0 saturated carbocycles. The lowest BCUT2D eigenvalue weighted by atomic mass is 10.1. The van der Waals surface area contributed by atoms with Crippen molar-refractivity contribution in [2.45, 2.75) is 25.9 Å².